The molecule has 0 spiro atoms. The van der Waals surface area contributed by atoms with E-state index in [-0.39, 0.29) is 11.9 Å². The molecule has 4 rings (SSSR count). The van der Waals surface area contributed by atoms with Crippen molar-refractivity contribution in [3.05, 3.63) is 40.6 Å². The van der Waals surface area contributed by atoms with E-state index in [9.17, 15) is 18.0 Å². The number of nitrogens with zero attached hydrogens (tertiary/aromatic N) is 4. The minimum Gasteiger partial charge on any atom is -0.475 e. The fraction of sp³-hybridized carbons (Fsp3) is 0.500. The number of carboxylic acids is 1. The number of anilines is 3. The molecule has 1 aromatic carbocycles. The average Bonchev–Trinajstić information content (AvgIpc) is 2.82. The van der Waals surface area contributed by atoms with E-state index in [0.717, 1.165) is 59.7 Å². The molecule has 0 radical (unpaired) electrons. The summed E-state index contributed by atoms with van der Waals surface area (Å²) < 4.78 is 32.8. The zero-order chi connectivity index (χ0) is 26.5. The summed E-state index contributed by atoms with van der Waals surface area (Å²) in [6.07, 6.45) is 0.875. The number of amides is 1. The van der Waals surface area contributed by atoms with E-state index in [4.69, 9.17) is 9.90 Å². The van der Waals surface area contributed by atoms with Gasteiger partial charge in [0.25, 0.3) is 0 Å². The van der Waals surface area contributed by atoms with E-state index in [0.29, 0.717) is 12.5 Å². The minimum absolute atomic E-state index is 0.0992. The van der Waals surface area contributed by atoms with E-state index < -0.39 is 12.1 Å². The number of carbonyl (C=O) groups is 2. The summed E-state index contributed by atoms with van der Waals surface area (Å²) in [5.41, 5.74) is 1.91. The van der Waals surface area contributed by atoms with Crippen LogP contribution in [0, 0.1) is 5.92 Å². The van der Waals surface area contributed by atoms with E-state index in [1.54, 1.807) is 6.33 Å². The molecule has 1 saturated heterocycles. The van der Waals surface area contributed by atoms with Gasteiger partial charge in [0.15, 0.2) is 11.6 Å². The summed E-state index contributed by atoms with van der Waals surface area (Å²) in [7, 11) is 0. The van der Waals surface area contributed by atoms with Gasteiger partial charge < -0.3 is 15.3 Å². The van der Waals surface area contributed by atoms with Crippen LogP contribution in [-0.4, -0.2) is 52.3 Å². The quantitative estimate of drug-likeness (QED) is 0.506. The summed E-state index contributed by atoms with van der Waals surface area (Å²) in [5.74, 6) is -0.607. The Morgan fingerprint density at radius 1 is 1.17 bits per heavy atom. The number of piperidine rings is 1. The third-order valence-electron chi connectivity index (χ3n) is 5.81. The van der Waals surface area contributed by atoms with Crippen LogP contribution >= 0.6 is 15.9 Å². The van der Waals surface area contributed by atoms with Crippen molar-refractivity contribution in [1.82, 2.24) is 9.97 Å². The van der Waals surface area contributed by atoms with Gasteiger partial charge in [0, 0.05) is 17.6 Å². The highest BCUT2D eigenvalue weighted by Crippen LogP contribution is 2.39. The zero-order valence-electron chi connectivity index (χ0n) is 20.1. The predicted octanol–water partition coefficient (Wildman–Crippen LogP) is 5.24. The van der Waals surface area contributed by atoms with Gasteiger partial charge in [-0.15, -0.1) is 0 Å². The second-order valence-electron chi connectivity index (χ2n) is 9.12. The Balaban J connectivity index is 0.000000454. The Hall–Kier alpha value is -2.89. The van der Waals surface area contributed by atoms with Crippen LogP contribution in [0.4, 0.5) is 30.5 Å². The maximum atomic E-state index is 13.5. The molecular formula is C24H29BrF3N5O3. The molecule has 1 atom stereocenters. The van der Waals surface area contributed by atoms with Crippen molar-refractivity contribution in [1.29, 1.82) is 0 Å². The summed E-state index contributed by atoms with van der Waals surface area (Å²) in [4.78, 5) is 35.7. The first kappa shape index (κ1) is 27.7. The van der Waals surface area contributed by atoms with Crippen LogP contribution in [-0.2, 0) is 16.1 Å². The first-order valence-electron chi connectivity index (χ1n) is 11.7. The average molecular weight is 572 g/mol. The number of hydrogen-bond acceptors (Lipinski definition) is 6. The summed E-state index contributed by atoms with van der Waals surface area (Å²) in [5, 5.41) is 10.5. The van der Waals surface area contributed by atoms with Crippen LogP contribution in [0.25, 0.3) is 0 Å². The second kappa shape index (κ2) is 11.9. The highest BCUT2D eigenvalue weighted by molar-refractivity contribution is 9.10. The molecule has 2 aliphatic rings. The lowest BCUT2D eigenvalue weighted by Crippen LogP contribution is -2.48. The van der Waals surface area contributed by atoms with Gasteiger partial charge in [0.1, 0.15) is 18.1 Å². The largest absolute Gasteiger partial charge is 0.490 e. The van der Waals surface area contributed by atoms with Crippen LogP contribution < -0.4 is 15.1 Å². The molecule has 0 saturated carbocycles. The molecule has 8 nitrogen and oxygen atoms in total. The highest BCUT2D eigenvalue weighted by Gasteiger charge is 2.38. The molecule has 1 fully saturated rings. The van der Waals surface area contributed by atoms with Crippen molar-refractivity contribution in [2.75, 3.05) is 28.2 Å². The number of benzene rings is 1. The van der Waals surface area contributed by atoms with Crippen molar-refractivity contribution in [3.8, 4) is 0 Å². The molecule has 2 N–H and O–H groups in total. The standard InChI is InChI=1S/C22H28BrN5O.C2HF3O2/c1-15(2)12-18-22(29)28(13-16-6-8-17(23)9-7-16)19-20(26-18)24-14-25-21(19)27-10-4-3-5-11-27;3-2(4,5)1(6)7/h6-9,14-15,18H,3-5,10-13H2,1-2H3,(H,24,25,26);(H,6,7). The summed E-state index contributed by atoms with van der Waals surface area (Å²) >= 11 is 3.49. The van der Waals surface area contributed by atoms with Crippen molar-refractivity contribution in [3.63, 3.8) is 0 Å². The number of carboxylic acid groups (broad SMARTS) is 1. The monoisotopic (exact) mass is 571 g/mol. The number of fused-ring (bicyclic) bond motifs is 1. The number of aromatic nitrogens is 2. The van der Waals surface area contributed by atoms with E-state index >= 15 is 0 Å². The Morgan fingerprint density at radius 2 is 1.78 bits per heavy atom. The lowest BCUT2D eigenvalue weighted by Gasteiger charge is -2.38. The van der Waals surface area contributed by atoms with Gasteiger partial charge >= 0.3 is 12.1 Å². The first-order valence-corrected chi connectivity index (χ1v) is 12.5. The maximum Gasteiger partial charge on any atom is 0.490 e. The van der Waals surface area contributed by atoms with Gasteiger partial charge in [-0.05, 0) is 49.3 Å². The second-order valence-corrected chi connectivity index (χ2v) is 10.0. The molecule has 36 heavy (non-hydrogen) atoms. The molecule has 2 aliphatic heterocycles. The molecule has 12 heteroatoms. The summed E-state index contributed by atoms with van der Waals surface area (Å²) in [6, 6.07) is 7.88. The zero-order valence-corrected chi connectivity index (χ0v) is 21.6. The third kappa shape index (κ3) is 7.08. The molecule has 1 amide bonds. The SMILES string of the molecule is CC(C)CC1Nc2ncnc(N3CCCCC3)c2N(Cc2ccc(Br)cc2)C1=O.O=C(O)C(F)(F)F. The topological polar surface area (TPSA) is 98.7 Å². The molecule has 0 bridgehead atoms. The van der Waals surface area contributed by atoms with E-state index in [1.165, 1.54) is 6.42 Å². The lowest BCUT2D eigenvalue weighted by molar-refractivity contribution is -0.192. The number of halogens is 4. The molecule has 196 valence electrons. The van der Waals surface area contributed by atoms with Crippen molar-refractivity contribution < 1.29 is 27.9 Å². The molecular weight excluding hydrogens is 543 g/mol. The fourth-order valence-corrected chi connectivity index (χ4v) is 4.41. The Kier molecular flexibility index (Phi) is 9.15. The van der Waals surface area contributed by atoms with Crippen LogP contribution in [0.3, 0.4) is 0 Å². The first-order chi connectivity index (χ1) is 17.0. The number of alkyl halides is 3. The molecule has 2 aromatic rings. The molecule has 1 aromatic heterocycles. The molecule has 1 unspecified atom stereocenters. The Morgan fingerprint density at radius 3 is 2.33 bits per heavy atom. The van der Waals surface area contributed by atoms with Crippen LogP contribution in [0.5, 0.6) is 0 Å². The van der Waals surface area contributed by atoms with Crippen LogP contribution in [0.1, 0.15) is 45.1 Å². The van der Waals surface area contributed by atoms with Gasteiger partial charge in [-0.1, -0.05) is 41.9 Å². The molecule has 0 aliphatic carbocycles. The highest BCUT2D eigenvalue weighted by atomic mass is 79.9. The smallest absolute Gasteiger partial charge is 0.475 e. The van der Waals surface area contributed by atoms with E-state index in [1.807, 2.05) is 17.0 Å². The normalized spacial score (nSPS) is 17.8. The minimum atomic E-state index is -5.08. The summed E-state index contributed by atoms with van der Waals surface area (Å²) in [6.45, 7) is 6.74. The van der Waals surface area contributed by atoms with Crippen LogP contribution in [0.15, 0.2) is 35.1 Å². The van der Waals surface area contributed by atoms with Gasteiger partial charge in [0.05, 0.1) is 6.54 Å². The number of rotatable bonds is 5. The third-order valence-corrected chi connectivity index (χ3v) is 6.34. The number of hydrogen-bond donors (Lipinski definition) is 2. The van der Waals surface area contributed by atoms with Crippen molar-refractivity contribution >= 4 is 45.1 Å². The van der Waals surface area contributed by atoms with E-state index in [2.05, 4.69) is 62.1 Å². The predicted molar refractivity (Wildman–Crippen MR) is 134 cm³/mol. The lowest BCUT2D eigenvalue weighted by atomic mass is 10.00. The fourth-order valence-electron chi connectivity index (χ4n) is 4.15. The number of aliphatic carboxylic acids is 1. The molecule has 3 heterocycles. The van der Waals surface area contributed by atoms with Gasteiger partial charge in [-0.3, -0.25) is 9.69 Å². The van der Waals surface area contributed by atoms with Crippen molar-refractivity contribution in [2.24, 2.45) is 5.92 Å². The Labute approximate surface area is 216 Å². The maximum absolute atomic E-state index is 13.5. The van der Waals surface area contributed by atoms with Gasteiger partial charge in [-0.2, -0.15) is 13.2 Å². The van der Waals surface area contributed by atoms with Crippen molar-refractivity contribution in [2.45, 2.75) is 58.3 Å². The van der Waals surface area contributed by atoms with Crippen LogP contribution in [0.2, 0.25) is 0 Å². The number of nitrogens with one attached hydrogen (secondary N) is 1. The number of carbonyl (C=O) groups excluding carboxylic acids is 1. The van der Waals surface area contributed by atoms with Gasteiger partial charge in [0.2, 0.25) is 5.91 Å². The Bertz CT molecular complexity index is 1060. The van der Waals surface area contributed by atoms with Gasteiger partial charge in [-0.25, -0.2) is 14.8 Å².